The lowest BCUT2D eigenvalue weighted by Gasteiger charge is -2.20. The standard InChI is InChI=1S/C14H29N7O4/c15-6-2-1-5-10(13(25)20-8-11(22)23)21-12(24)9(16)4-3-7-19-14(17)18/h9-10H,1-8,15-16H2,(H,20,25)(H,21,24)(H,22,23)(H4,17,18,19)/t9-,10-/m0/s1. The SMILES string of the molecule is NCCCC[C@H](NC(=O)[C@@H](N)CCCN=C(N)N)C(=O)NCC(=O)O. The third-order valence-corrected chi connectivity index (χ3v) is 3.30. The smallest absolute Gasteiger partial charge is 0.322 e. The van der Waals surface area contributed by atoms with Gasteiger partial charge in [-0.25, -0.2) is 0 Å². The fraction of sp³-hybridized carbons (Fsp3) is 0.714. The zero-order valence-electron chi connectivity index (χ0n) is 14.2. The van der Waals surface area contributed by atoms with Crippen LogP contribution in [0.2, 0.25) is 0 Å². The number of amides is 2. The van der Waals surface area contributed by atoms with Gasteiger partial charge >= 0.3 is 5.97 Å². The van der Waals surface area contributed by atoms with Gasteiger partial charge in [0.2, 0.25) is 11.8 Å². The van der Waals surface area contributed by atoms with E-state index >= 15 is 0 Å². The van der Waals surface area contributed by atoms with Gasteiger partial charge in [0, 0.05) is 6.54 Å². The molecule has 0 aliphatic heterocycles. The minimum Gasteiger partial charge on any atom is -0.480 e. The molecular weight excluding hydrogens is 330 g/mol. The normalized spacial score (nSPS) is 12.7. The first kappa shape index (κ1) is 22.6. The van der Waals surface area contributed by atoms with Crippen LogP contribution in [0.25, 0.3) is 0 Å². The van der Waals surface area contributed by atoms with Crippen molar-refractivity contribution in [3.05, 3.63) is 0 Å². The average Bonchev–Trinajstić information content (AvgIpc) is 2.55. The zero-order chi connectivity index (χ0) is 19.2. The highest BCUT2D eigenvalue weighted by atomic mass is 16.4. The fourth-order valence-electron chi connectivity index (χ4n) is 1.98. The number of rotatable bonds is 13. The summed E-state index contributed by atoms with van der Waals surface area (Å²) in [6, 6.07) is -1.68. The highest BCUT2D eigenvalue weighted by molar-refractivity contribution is 5.90. The van der Waals surface area contributed by atoms with Crippen molar-refractivity contribution >= 4 is 23.7 Å². The summed E-state index contributed by atoms with van der Waals surface area (Å²) in [4.78, 5) is 38.5. The summed E-state index contributed by atoms with van der Waals surface area (Å²) in [7, 11) is 0. The van der Waals surface area contributed by atoms with Crippen molar-refractivity contribution in [1.82, 2.24) is 10.6 Å². The highest BCUT2D eigenvalue weighted by Gasteiger charge is 2.23. The second-order valence-electron chi connectivity index (χ2n) is 5.51. The molecule has 0 aliphatic carbocycles. The van der Waals surface area contributed by atoms with E-state index in [9.17, 15) is 14.4 Å². The van der Waals surface area contributed by atoms with Gasteiger partial charge in [0.25, 0.3) is 0 Å². The van der Waals surface area contributed by atoms with Gasteiger partial charge in [-0.1, -0.05) is 0 Å². The number of guanidine groups is 1. The summed E-state index contributed by atoms with van der Waals surface area (Å²) in [6.45, 7) is 0.288. The number of carbonyl (C=O) groups is 3. The summed E-state index contributed by atoms with van der Waals surface area (Å²) in [6.07, 6.45) is 2.49. The Kier molecular flexibility index (Phi) is 11.7. The molecule has 25 heavy (non-hydrogen) atoms. The first-order valence-electron chi connectivity index (χ1n) is 8.08. The average molecular weight is 359 g/mol. The number of hydrogen-bond acceptors (Lipinski definition) is 6. The van der Waals surface area contributed by atoms with E-state index in [-0.39, 0.29) is 5.96 Å². The van der Waals surface area contributed by atoms with E-state index in [1.54, 1.807) is 0 Å². The molecule has 0 aromatic carbocycles. The van der Waals surface area contributed by atoms with Crippen molar-refractivity contribution in [3.8, 4) is 0 Å². The van der Waals surface area contributed by atoms with Crippen LogP contribution in [-0.4, -0.2) is 60.6 Å². The number of carboxylic acid groups (broad SMARTS) is 1. The third-order valence-electron chi connectivity index (χ3n) is 3.30. The monoisotopic (exact) mass is 359 g/mol. The van der Waals surface area contributed by atoms with Crippen molar-refractivity contribution < 1.29 is 19.5 Å². The Hall–Kier alpha value is -2.40. The number of nitrogens with two attached hydrogens (primary N) is 4. The van der Waals surface area contributed by atoms with Crippen LogP contribution in [0.4, 0.5) is 0 Å². The largest absolute Gasteiger partial charge is 0.480 e. The Labute approximate surface area is 146 Å². The van der Waals surface area contributed by atoms with E-state index in [0.29, 0.717) is 45.2 Å². The van der Waals surface area contributed by atoms with Gasteiger partial charge in [-0.3, -0.25) is 19.4 Å². The van der Waals surface area contributed by atoms with E-state index in [1.807, 2.05) is 0 Å². The van der Waals surface area contributed by atoms with Crippen molar-refractivity contribution in [2.45, 2.75) is 44.2 Å². The van der Waals surface area contributed by atoms with Gasteiger partial charge < -0.3 is 38.7 Å². The Morgan fingerprint density at radius 3 is 2.28 bits per heavy atom. The highest BCUT2D eigenvalue weighted by Crippen LogP contribution is 2.03. The summed E-state index contributed by atoms with van der Waals surface area (Å²) in [5, 5.41) is 13.4. The lowest BCUT2D eigenvalue weighted by Crippen LogP contribution is -2.52. The second-order valence-corrected chi connectivity index (χ2v) is 5.51. The minimum atomic E-state index is -1.17. The minimum absolute atomic E-state index is 0.0342. The van der Waals surface area contributed by atoms with Crippen LogP contribution in [0.1, 0.15) is 32.1 Å². The van der Waals surface area contributed by atoms with Crippen LogP contribution in [-0.2, 0) is 14.4 Å². The van der Waals surface area contributed by atoms with Crippen molar-refractivity contribution in [2.24, 2.45) is 27.9 Å². The molecule has 2 atom stereocenters. The molecule has 0 heterocycles. The molecule has 2 amide bonds. The number of carboxylic acids is 1. The third kappa shape index (κ3) is 11.7. The molecule has 0 rings (SSSR count). The van der Waals surface area contributed by atoms with Gasteiger partial charge in [-0.15, -0.1) is 0 Å². The topological polar surface area (TPSA) is 212 Å². The van der Waals surface area contributed by atoms with Crippen LogP contribution >= 0.6 is 0 Å². The Bertz CT molecular complexity index is 466. The molecule has 11 N–H and O–H groups in total. The van der Waals surface area contributed by atoms with Crippen molar-refractivity contribution in [1.29, 1.82) is 0 Å². The molecule has 144 valence electrons. The molecule has 0 aliphatic rings. The molecule has 0 unspecified atom stereocenters. The molecule has 0 aromatic heterocycles. The predicted molar refractivity (Wildman–Crippen MR) is 93.4 cm³/mol. The Morgan fingerprint density at radius 1 is 1.04 bits per heavy atom. The lowest BCUT2D eigenvalue weighted by molar-refractivity contribution is -0.138. The molecule has 11 nitrogen and oxygen atoms in total. The number of unbranched alkanes of at least 4 members (excludes halogenated alkanes) is 1. The lowest BCUT2D eigenvalue weighted by atomic mass is 10.1. The Balaban J connectivity index is 4.52. The zero-order valence-corrected chi connectivity index (χ0v) is 14.2. The van der Waals surface area contributed by atoms with E-state index in [1.165, 1.54) is 0 Å². The number of hydrogen-bond donors (Lipinski definition) is 7. The van der Waals surface area contributed by atoms with Crippen LogP contribution in [0, 0.1) is 0 Å². The second kappa shape index (κ2) is 13.0. The van der Waals surface area contributed by atoms with Gasteiger partial charge in [-0.2, -0.15) is 0 Å². The van der Waals surface area contributed by atoms with Crippen LogP contribution < -0.4 is 33.6 Å². The number of nitrogens with one attached hydrogen (secondary N) is 2. The Morgan fingerprint density at radius 2 is 1.72 bits per heavy atom. The van der Waals surface area contributed by atoms with E-state index < -0.39 is 36.4 Å². The summed E-state index contributed by atoms with van der Waals surface area (Å²) < 4.78 is 0. The molecule has 11 heteroatoms. The van der Waals surface area contributed by atoms with E-state index in [4.69, 9.17) is 28.0 Å². The van der Waals surface area contributed by atoms with E-state index in [0.717, 1.165) is 0 Å². The van der Waals surface area contributed by atoms with Gasteiger partial charge in [-0.05, 0) is 38.6 Å². The number of aliphatic imine (C=N–C) groups is 1. The van der Waals surface area contributed by atoms with Crippen LogP contribution in [0.15, 0.2) is 4.99 Å². The molecule has 0 saturated carbocycles. The predicted octanol–water partition coefficient (Wildman–Crippen LogP) is -2.82. The van der Waals surface area contributed by atoms with Gasteiger partial charge in [0.05, 0.1) is 6.04 Å². The van der Waals surface area contributed by atoms with Crippen LogP contribution in [0.5, 0.6) is 0 Å². The van der Waals surface area contributed by atoms with Gasteiger partial charge in [0.1, 0.15) is 12.6 Å². The van der Waals surface area contributed by atoms with Crippen molar-refractivity contribution in [2.75, 3.05) is 19.6 Å². The molecular formula is C14H29N7O4. The molecule has 0 bridgehead atoms. The maximum atomic E-state index is 12.1. The quantitative estimate of drug-likeness (QED) is 0.103. The molecule has 0 aromatic rings. The molecule has 0 saturated heterocycles. The first-order chi connectivity index (χ1) is 11.8. The molecule has 0 spiro atoms. The summed E-state index contributed by atoms with van der Waals surface area (Å²) >= 11 is 0. The summed E-state index contributed by atoms with van der Waals surface area (Å²) in [5.41, 5.74) is 21.6. The maximum absolute atomic E-state index is 12.1. The molecule has 0 fully saturated rings. The van der Waals surface area contributed by atoms with Gasteiger partial charge in [0.15, 0.2) is 5.96 Å². The number of carbonyl (C=O) groups excluding carboxylic acids is 2. The van der Waals surface area contributed by atoms with E-state index in [2.05, 4.69) is 15.6 Å². The molecule has 0 radical (unpaired) electrons. The first-order valence-corrected chi connectivity index (χ1v) is 8.08. The number of aliphatic carboxylic acids is 1. The van der Waals surface area contributed by atoms with Crippen LogP contribution in [0.3, 0.4) is 0 Å². The summed E-state index contributed by atoms with van der Waals surface area (Å²) in [5.74, 6) is -2.27. The maximum Gasteiger partial charge on any atom is 0.322 e. The van der Waals surface area contributed by atoms with Crippen molar-refractivity contribution in [3.63, 3.8) is 0 Å². The number of nitrogens with zero attached hydrogens (tertiary/aromatic N) is 1. The fourth-order valence-corrected chi connectivity index (χ4v) is 1.98.